The number of hydrogen-bond donors (Lipinski definition) is 1. The molecule has 0 aliphatic heterocycles. The van der Waals surface area contributed by atoms with Gasteiger partial charge in [0.1, 0.15) is 0 Å². The van der Waals surface area contributed by atoms with Gasteiger partial charge in [-0.25, -0.2) is 0 Å². The number of aliphatic hydroxyl groups is 1. The Morgan fingerprint density at radius 2 is 2.00 bits per heavy atom. The highest BCUT2D eigenvalue weighted by atomic mass is 35.5. The summed E-state index contributed by atoms with van der Waals surface area (Å²) in [6, 6.07) is 15.1. The maximum atomic E-state index is 9.90. The maximum absolute atomic E-state index is 9.90. The van der Waals surface area contributed by atoms with Crippen molar-refractivity contribution < 1.29 is 5.11 Å². The molecule has 0 unspecified atom stereocenters. The zero-order valence-electron chi connectivity index (χ0n) is 12.0. The summed E-state index contributed by atoms with van der Waals surface area (Å²) in [7, 11) is 1.92. The fourth-order valence-electron chi connectivity index (χ4n) is 2.26. The van der Waals surface area contributed by atoms with Crippen molar-refractivity contribution in [2.24, 2.45) is 0 Å². The normalized spacial score (nSPS) is 11.8. The van der Waals surface area contributed by atoms with Crippen LogP contribution in [0.5, 0.6) is 0 Å². The molecule has 2 rings (SSSR count). The summed E-state index contributed by atoms with van der Waals surface area (Å²) in [5.41, 5.74) is 3.20. The quantitative estimate of drug-likeness (QED) is 0.931. The van der Waals surface area contributed by atoms with E-state index in [0.29, 0.717) is 17.1 Å². The molecule has 2 aromatic rings. The third-order valence-electron chi connectivity index (χ3n) is 3.39. The van der Waals surface area contributed by atoms with Crippen molar-refractivity contribution in [1.29, 1.82) is 5.26 Å². The summed E-state index contributed by atoms with van der Waals surface area (Å²) in [4.78, 5) is 1.99. The fourth-order valence-corrected chi connectivity index (χ4v) is 2.46. The van der Waals surface area contributed by atoms with Gasteiger partial charge in [-0.3, -0.25) is 0 Å². The molecule has 0 saturated carbocycles. The molecule has 1 N–H and O–H groups in total. The molecule has 0 heterocycles. The lowest BCUT2D eigenvalue weighted by atomic mass is 10.0. The Kier molecular flexibility index (Phi) is 4.85. The standard InChI is InChI=1S/C17H17ClN2O/c1-12(21)15-8-7-13(10-19)9-17(15)20(2)11-14-5-3-4-6-16(14)18/h3-9,12,21H,11H2,1-2H3/t12-/m1/s1. The Bertz CT molecular complexity index is 677. The number of anilines is 1. The van der Waals surface area contributed by atoms with Crippen molar-refractivity contribution in [3.05, 3.63) is 64.2 Å². The topological polar surface area (TPSA) is 47.3 Å². The number of halogens is 1. The lowest BCUT2D eigenvalue weighted by molar-refractivity contribution is 0.199. The van der Waals surface area contributed by atoms with E-state index in [4.69, 9.17) is 16.9 Å². The molecular formula is C17H17ClN2O. The van der Waals surface area contributed by atoms with Crippen LogP contribution >= 0.6 is 11.6 Å². The van der Waals surface area contributed by atoms with Crippen molar-refractivity contribution in [2.45, 2.75) is 19.6 Å². The Labute approximate surface area is 130 Å². The highest BCUT2D eigenvalue weighted by molar-refractivity contribution is 6.31. The molecule has 0 radical (unpaired) electrons. The van der Waals surface area contributed by atoms with E-state index in [2.05, 4.69) is 6.07 Å². The number of aliphatic hydroxyl groups excluding tert-OH is 1. The van der Waals surface area contributed by atoms with E-state index in [1.807, 2.05) is 36.2 Å². The van der Waals surface area contributed by atoms with Crippen LogP contribution in [-0.4, -0.2) is 12.2 Å². The van der Waals surface area contributed by atoms with Gasteiger partial charge < -0.3 is 10.0 Å². The summed E-state index contributed by atoms with van der Waals surface area (Å²) < 4.78 is 0. The molecule has 0 saturated heterocycles. The van der Waals surface area contributed by atoms with Crippen molar-refractivity contribution in [2.75, 3.05) is 11.9 Å². The molecule has 0 amide bonds. The van der Waals surface area contributed by atoms with E-state index >= 15 is 0 Å². The molecule has 2 aromatic carbocycles. The Morgan fingerprint density at radius 1 is 1.29 bits per heavy atom. The molecule has 0 aromatic heterocycles. The summed E-state index contributed by atoms with van der Waals surface area (Å²) in [6.45, 7) is 2.32. The SMILES string of the molecule is C[C@@H](O)c1ccc(C#N)cc1N(C)Cc1ccccc1Cl. The first-order valence-corrected chi connectivity index (χ1v) is 7.07. The monoisotopic (exact) mass is 300 g/mol. The summed E-state index contributed by atoms with van der Waals surface area (Å²) >= 11 is 6.19. The van der Waals surface area contributed by atoms with Crippen LogP contribution in [0.2, 0.25) is 5.02 Å². The van der Waals surface area contributed by atoms with Crippen molar-refractivity contribution >= 4 is 17.3 Å². The van der Waals surface area contributed by atoms with Gasteiger partial charge in [-0.05, 0) is 30.7 Å². The lowest BCUT2D eigenvalue weighted by Gasteiger charge is -2.24. The molecule has 0 spiro atoms. The number of nitriles is 1. The van der Waals surface area contributed by atoms with Gasteiger partial charge in [0.2, 0.25) is 0 Å². The maximum Gasteiger partial charge on any atom is 0.0992 e. The fraction of sp³-hybridized carbons (Fsp3) is 0.235. The van der Waals surface area contributed by atoms with Crippen LogP contribution in [0.4, 0.5) is 5.69 Å². The Balaban J connectivity index is 2.36. The van der Waals surface area contributed by atoms with Gasteiger partial charge >= 0.3 is 0 Å². The van der Waals surface area contributed by atoms with E-state index in [1.165, 1.54) is 0 Å². The minimum atomic E-state index is -0.596. The van der Waals surface area contributed by atoms with Crippen LogP contribution in [0.3, 0.4) is 0 Å². The van der Waals surface area contributed by atoms with Crippen molar-refractivity contribution in [3.63, 3.8) is 0 Å². The second-order valence-electron chi connectivity index (χ2n) is 5.01. The largest absolute Gasteiger partial charge is 0.389 e. The summed E-state index contributed by atoms with van der Waals surface area (Å²) in [5, 5.41) is 19.7. The first-order valence-electron chi connectivity index (χ1n) is 6.69. The van der Waals surface area contributed by atoms with Crippen LogP contribution in [0, 0.1) is 11.3 Å². The van der Waals surface area contributed by atoms with Crippen molar-refractivity contribution in [3.8, 4) is 6.07 Å². The van der Waals surface area contributed by atoms with Crippen LogP contribution in [0.25, 0.3) is 0 Å². The van der Waals surface area contributed by atoms with Crippen LogP contribution in [0.15, 0.2) is 42.5 Å². The van der Waals surface area contributed by atoms with Crippen LogP contribution < -0.4 is 4.90 Å². The minimum Gasteiger partial charge on any atom is -0.389 e. The van der Waals surface area contributed by atoms with E-state index in [1.54, 1.807) is 25.1 Å². The number of hydrogen-bond acceptors (Lipinski definition) is 3. The molecule has 4 heteroatoms. The summed E-state index contributed by atoms with van der Waals surface area (Å²) in [6.07, 6.45) is -0.596. The van der Waals surface area contributed by atoms with Crippen LogP contribution in [-0.2, 0) is 6.54 Å². The summed E-state index contributed by atoms with van der Waals surface area (Å²) in [5.74, 6) is 0. The Morgan fingerprint density at radius 3 is 2.62 bits per heavy atom. The van der Waals surface area contributed by atoms with Crippen molar-refractivity contribution in [1.82, 2.24) is 0 Å². The Hall–Kier alpha value is -2.02. The van der Waals surface area contributed by atoms with Gasteiger partial charge in [-0.2, -0.15) is 5.26 Å². The smallest absolute Gasteiger partial charge is 0.0992 e. The minimum absolute atomic E-state index is 0.570. The molecule has 108 valence electrons. The molecular weight excluding hydrogens is 284 g/mol. The number of rotatable bonds is 4. The zero-order chi connectivity index (χ0) is 15.4. The molecule has 0 fully saturated rings. The van der Waals surface area contributed by atoms with Gasteiger partial charge in [0.15, 0.2) is 0 Å². The lowest BCUT2D eigenvalue weighted by Crippen LogP contribution is -2.19. The molecule has 1 atom stereocenters. The van der Waals surface area contributed by atoms with E-state index in [-0.39, 0.29) is 0 Å². The van der Waals surface area contributed by atoms with E-state index in [0.717, 1.165) is 16.8 Å². The van der Waals surface area contributed by atoms with Gasteiger partial charge in [-0.15, -0.1) is 0 Å². The number of benzene rings is 2. The molecule has 0 bridgehead atoms. The first-order chi connectivity index (χ1) is 10.0. The third-order valence-corrected chi connectivity index (χ3v) is 3.75. The average Bonchev–Trinajstić information content (AvgIpc) is 2.48. The van der Waals surface area contributed by atoms with Gasteiger partial charge in [0.05, 0.1) is 17.7 Å². The molecule has 3 nitrogen and oxygen atoms in total. The second-order valence-corrected chi connectivity index (χ2v) is 5.42. The zero-order valence-corrected chi connectivity index (χ0v) is 12.8. The average molecular weight is 301 g/mol. The van der Waals surface area contributed by atoms with Gasteiger partial charge in [0, 0.05) is 29.9 Å². The second kappa shape index (κ2) is 6.62. The molecule has 0 aliphatic carbocycles. The predicted octanol–water partition coefficient (Wildman–Crippen LogP) is 3.90. The molecule has 21 heavy (non-hydrogen) atoms. The number of nitrogens with zero attached hydrogens (tertiary/aromatic N) is 2. The highest BCUT2D eigenvalue weighted by Crippen LogP contribution is 2.29. The third kappa shape index (κ3) is 3.55. The first kappa shape index (κ1) is 15.4. The molecule has 0 aliphatic rings. The van der Waals surface area contributed by atoms with Gasteiger partial charge in [-0.1, -0.05) is 35.9 Å². The van der Waals surface area contributed by atoms with Crippen LogP contribution in [0.1, 0.15) is 29.7 Å². The van der Waals surface area contributed by atoms with E-state index < -0.39 is 6.10 Å². The highest BCUT2D eigenvalue weighted by Gasteiger charge is 2.14. The van der Waals surface area contributed by atoms with E-state index in [9.17, 15) is 5.11 Å². The predicted molar refractivity (Wildman–Crippen MR) is 85.3 cm³/mol. The van der Waals surface area contributed by atoms with Gasteiger partial charge in [0.25, 0.3) is 0 Å².